The number of likely N-dealkylation sites (N-methyl/N-ethyl adjacent to an activating group) is 1. The molecule has 2 N–H and O–H groups in total. The number of morpholine rings is 1. The van der Waals surface area contributed by atoms with Crippen LogP contribution in [0.4, 0.5) is 11.7 Å². The molecule has 2 heterocycles. The van der Waals surface area contributed by atoms with Gasteiger partial charge in [0.1, 0.15) is 5.52 Å². The monoisotopic (exact) mass is 326 g/mol. The number of halogens is 1. The van der Waals surface area contributed by atoms with Gasteiger partial charge >= 0.3 is 0 Å². The van der Waals surface area contributed by atoms with Gasteiger partial charge in [0.2, 0.25) is 5.91 Å². The van der Waals surface area contributed by atoms with Crippen LogP contribution in [0.1, 0.15) is 0 Å². The molecule has 1 aromatic carbocycles. The Kier molecular flexibility index (Phi) is 5.59. The standard InChI is InChI=1S/C14H18N4O3.ClH/c1-15-9-13(19)16-10-2-3-11-12(8-10)21-14(17-11)18-4-6-20-7-5-18;/h2-3,8,15H,4-7,9H2,1H3,(H,16,19);1H. The molecule has 0 unspecified atom stereocenters. The summed E-state index contributed by atoms with van der Waals surface area (Å²) in [6, 6.07) is 6.06. The number of anilines is 2. The predicted molar refractivity (Wildman–Crippen MR) is 86.8 cm³/mol. The highest BCUT2D eigenvalue weighted by molar-refractivity contribution is 5.94. The molecule has 3 rings (SSSR count). The SMILES string of the molecule is CNCC(=O)Nc1ccc2nc(N3CCOCC3)oc2c1.Cl. The van der Waals surface area contributed by atoms with E-state index in [0.717, 1.165) is 18.6 Å². The van der Waals surface area contributed by atoms with Crippen LogP contribution < -0.4 is 15.5 Å². The number of fused-ring (bicyclic) bond motifs is 1. The maximum absolute atomic E-state index is 11.6. The number of carbonyl (C=O) groups is 1. The van der Waals surface area contributed by atoms with E-state index < -0.39 is 0 Å². The number of nitrogens with zero attached hydrogens (tertiary/aromatic N) is 2. The van der Waals surface area contributed by atoms with Crippen LogP contribution in [-0.2, 0) is 9.53 Å². The normalized spacial score (nSPS) is 14.7. The molecule has 0 saturated carbocycles. The molecule has 0 atom stereocenters. The van der Waals surface area contributed by atoms with Crippen molar-refractivity contribution in [2.24, 2.45) is 0 Å². The first kappa shape index (κ1) is 16.5. The molecule has 1 aromatic heterocycles. The van der Waals surface area contributed by atoms with E-state index >= 15 is 0 Å². The third kappa shape index (κ3) is 3.68. The van der Waals surface area contributed by atoms with E-state index in [1.54, 1.807) is 13.1 Å². The lowest BCUT2D eigenvalue weighted by Crippen LogP contribution is -2.36. The highest BCUT2D eigenvalue weighted by atomic mass is 35.5. The third-order valence-electron chi connectivity index (χ3n) is 3.28. The van der Waals surface area contributed by atoms with Gasteiger partial charge in [-0.25, -0.2) is 0 Å². The number of carbonyl (C=O) groups excluding carboxylic acids is 1. The number of rotatable bonds is 4. The Hall–Kier alpha value is -1.83. The number of hydrogen-bond acceptors (Lipinski definition) is 6. The quantitative estimate of drug-likeness (QED) is 0.880. The second-order valence-corrected chi connectivity index (χ2v) is 4.86. The van der Waals surface area contributed by atoms with Gasteiger partial charge in [0, 0.05) is 24.8 Å². The first-order valence-electron chi connectivity index (χ1n) is 6.94. The number of hydrogen-bond donors (Lipinski definition) is 2. The topological polar surface area (TPSA) is 79.6 Å². The maximum atomic E-state index is 11.6. The van der Waals surface area contributed by atoms with E-state index in [4.69, 9.17) is 9.15 Å². The molecule has 0 aliphatic carbocycles. The number of oxazole rings is 1. The molecule has 0 radical (unpaired) electrons. The van der Waals surface area contributed by atoms with Crippen molar-refractivity contribution in [3.05, 3.63) is 18.2 Å². The fourth-order valence-electron chi connectivity index (χ4n) is 2.25. The molecule has 1 fully saturated rings. The lowest BCUT2D eigenvalue weighted by molar-refractivity contribution is -0.115. The van der Waals surface area contributed by atoms with Crippen molar-refractivity contribution < 1.29 is 13.9 Å². The molecular formula is C14H19ClN4O3. The van der Waals surface area contributed by atoms with Gasteiger partial charge in [-0.05, 0) is 19.2 Å². The van der Waals surface area contributed by atoms with Crippen LogP contribution in [0, 0.1) is 0 Å². The van der Waals surface area contributed by atoms with Gasteiger partial charge in [0.25, 0.3) is 6.01 Å². The molecule has 1 aliphatic rings. The fraction of sp³-hybridized carbons (Fsp3) is 0.429. The Labute approximate surface area is 134 Å². The number of nitrogens with one attached hydrogen (secondary N) is 2. The zero-order valence-electron chi connectivity index (χ0n) is 12.3. The molecule has 8 heteroatoms. The van der Waals surface area contributed by atoms with E-state index in [1.807, 2.05) is 12.1 Å². The summed E-state index contributed by atoms with van der Waals surface area (Å²) < 4.78 is 11.1. The van der Waals surface area contributed by atoms with Gasteiger partial charge in [0.15, 0.2) is 5.58 Å². The van der Waals surface area contributed by atoms with Crippen molar-refractivity contribution in [1.29, 1.82) is 0 Å². The smallest absolute Gasteiger partial charge is 0.298 e. The summed E-state index contributed by atoms with van der Waals surface area (Å²) in [5.41, 5.74) is 2.15. The van der Waals surface area contributed by atoms with Gasteiger partial charge in [-0.1, -0.05) is 0 Å². The molecule has 0 bridgehead atoms. The first-order chi connectivity index (χ1) is 10.3. The molecule has 1 aliphatic heterocycles. The summed E-state index contributed by atoms with van der Waals surface area (Å²) in [6.45, 7) is 3.19. The Morgan fingerprint density at radius 1 is 1.36 bits per heavy atom. The average molecular weight is 327 g/mol. The van der Waals surface area contributed by atoms with E-state index in [9.17, 15) is 4.79 Å². The van der Waals surface area contributed by atoms with Crippen LogP contribution >= 0.6 is 12.4 Å². The largest absolute Gasteiger partial charge is 0.423 e. The Morgan fingerprint density at radius 3 is 2.86 bits per heavy atom. The maximum Gasteiger partial charge on any atom is 0.298 e. The summed E-state index contributed by atoms with van der Waals surface area (Å²) in [4.78, 5) is 18.1. The molecule has 2 aromatic rings. The Morgan fingerprint density at radius 2 is 2.14 bits per heavy atom. The van der Waals surface area contributed by atoms with Crippen LogP contribution in [0.3, 0.4) is 0 Å². The Bertz CT molecular complexity index is 640. The van der Waals surface area contributed by atoms with Gasteiger partial charge < -0.3 is 24.7 Å². The van der Waals surface area contributed by atoms with E-state index in [2.05, 4.69) is 20.5 Å². The number of amides is 1. The second kappa shape index (κ2) is 7.44. The molecule has 120 valence electrons. The van der Waals surface area contributed by atoms with Crippen LogP contribution in [0.25, 0.3) is 11.1 Å². The molecular weight excluding hydrogens is 308 g/mol. The zero-order valence-corrected chi connectivity index (χ0v) is 13.1. The summed E-state index contributed by atoms with van der Waals surface area (Å²) in [6.07, 6.45) is 0. The van der Waals surface area contributed by atoms with Gasteiger partial charge in [-0.2, -0.15) is 4.98 Å². The molecule has 1 amide bonds. The van der Waals surface area contributed by atoms with E-state index in [-0.39, 0.29) is 24.9 Å². The van der Waals surface area contributed by atoms with Crippen molar-refractivity contribution in [3.8, 4) is 0 Å². The Balaban J connectivity index is 0.00000176. The van der Waals surface area contributed by atoms with Crippen molar-refractivity contribution in [1.82, 2.24) is 10.3 Å². The second-order valence-electron chi connectivity index (χ2n) is 4.86. The van der Waals surface area contributed by atoms with Gasteiger partial charge in [-0.15, -0.1) is 12.4 Å². The van der Waals surface area contributed by atoms with Crippen molar-refractivity contribution in [2.75, 3.05) is 50.1 Å². The number of ether oxygens (including phenoxy) is 1. The zero-order chi connectivity index (χ0) is 14.7. The average Bonchev–Trinajstić information content (AvgIpc) is 2.91. The van der Waals surface area contributed by atoms with Gasteiger partial charge in [-0.3, -0.25) is 4.79 Å². The molecule has 0 spiro atoms. The third-order valence-corrected chi connectivity index (χ3v) is 3.28. The minimum Gasteiger partial charge on any atom is -0.423 e. The highest BCUT2D eigenvalue weighted by Crippen LogP contribution is 2.25. The van der Waals surface area contributed by atoms with Crippen LogP contribution in [-0.4, -0.2) is 50.8 Å². The minimum absolute atomic E-state index is 0. The van der Waals surface area contributed by atoms with Crippen molar-refractivity contribution in [2.45, 2.75) is 0 Å². The minimum atomic E-state index is -0.0928. The van der Waals surface area contributed by atoms with Crippen molar-refractivity contribution in [3.63, 3.8) is 0 Å². The lowest BCUT2D eigenvalue weighted by atomic mass is 10.3. The van der Waals surface area contributed by atoms with Crippen LogP contribution in [0.2, 0.25) is 0 Å². The summed E-state index contributed by atoms with van der Waals surface area (Å²) in [5.74, 6) is -0.0928. The van der Waals surface area contributed by atoms with E-state index in [0.29, 0.717) is 30.5 Å². The number of benzene rings is 1. The fourth-order valence-corrected chi connectivity index (χ4v) is 2.25. The van der Waals surface area contributed by atoms with Crippen LogP contribution in [0.15, 0.2) is 22.6 Å². The highest BCUT2D eigenvalue weighted by Gasteiger charge is 2.17. The van der Waals surface area contributed by atoms with Crippen LogP contribution in [0.5, 0.6) is 0 Å². The summed E-state index contributed by atoms with van der Waals surface area (Å²) >= 11 is 0. The van der Waals surface area contributed by atoms with E-state index in [1.165, 1.54) is 0 Å². The molecule has 22 heavy (non-hydrogen) atoms. The predicted octanol–water partition coefficient (Wildman–Crippen LogP) is 1.24. The summed E-state index contributed by atoms with van der Waals surface area (Å²) in [7, 11) is 1.73. The molecule has 7 nitrogen and oxygen atoms in total. The van der Waals surface area contributed by atoms with Gasteiger partial charge in [0.05, 0.1) is 19.8 Å². The number of aromatic nitrogens is 1. The summed E-state index contributed by atoms with van der Waals surface area (Å²) in [5, 5.41) is 5.61. The lowest BCUT2D eigenvalue weighted by Gasteiger charge is -2.24. The molecule has 1 saturated heterocycles. The first-order valence-corrected chi connectivity index (χ1v) is 6.94. The van der Waals surface area contributed by atoms with Crippen molar-refractivity contribution >= 4 is 41.1 Å².